The Morgan fingerprint density at radius 2 is 2.28 bits per heavy atom. The summed E-state index contributed by atoms with van der Waals surface area (Å²) in [5.74, 6) is 1.04. The maximum Gasteiger partial charge on any atom is 0.133 e. The van der Waals surface area contributed by atoms with E-state index in [0.29, 0.717) is 12.6 Å². The minimum absolute atomic E-state index is 0.251. The van der Waals surface area contributed by atoms with Crippen LogP contribution in [0.25, 0.3) is 0 Å². The van der Waals surface area contributed by atoms with Crippen LogP contribution in [0, 0.1) is 6.92 Å². The first-order chi connectivity index (χ1) is 8.65. The molecule has 2 rings (SSSR count). The molecule has 0 radical (unpaired) electrons. The average Bonchev–Trinajstić information content (AvgIpc) is 2.38. The molecule has 0 aromatic carbocycles. The van der Waals surface area contributed by atoms with Crippen molar-refractivity contribution < 1.29 is 4.74 Å². The number of pyridine rings is 1. The van der Waals surface area contributed by atoms with Gasteiger partial charge in [-0.1, -0.05) is 13.0 Å². The smallest absolute Gasteiger partial charge is 0.133 e. The van der Waals surface area contributed by atoms with Crippen LogP contribution < -0.4 is 10.6 Å². The van der Waals surface area contributed by atoms with Gasteiger partial charge in [0.1, 0.15) is 5.82 Å². The van der Waals surface area contributed by atoms with Crippen LogP contribution in [-0.4, -0.2) is 30.3 Å². The third-order valence-electron chi connectivity index (χ3n) is 3.53. The fraction of sp³-hybridized carbons (Fsp3) is 0.643. The predicted octanol–water partition coefficient (Wildman–Crippen LogP) is 1.85. The molecule has 1 aliphatic rings. The Morgan fingerprint density at radius 1 is 1.50 bits per heavy atom. The molecule has 1 fully saturated rings. The maximum atomic E-state index is 5.83. The van der Waals surface area contributed by atoms with Crippen molar-refractivity contribution in [2.45, 2.75) is 45.9 Å². The van der Waals surface area contributed by atoms with Crippen LogP contribution >= 0.6 is 0 Å². The average molecular weight is 249 g/mol. The van der Waals surface area contributed by atoms with Crippen molar-refractivity contribution in [3.63, 3.8) is 0 Å². The molecule has 4 heteroatoms. The lowest BCUT2D eigenvalue weighted by atomic mass is 10.1. The highest BCUT2D eigenvalue weighted by Gasteiger charge is 2.27. The van der Waals surface area contributed by atoms with Gasteiger partial charge in [0.15, 0.2) is 0 Å². The molecule has 1 aromatic rings. The van der Waals surface area contributed by atoms with Crippen LogP contribution in [0.4, 0.5) is 5.82 Å². The van der Waals surface area contributed by atoms with Crippen LogP contribution in [0.5, 0.6) is 0 Å². The molecule has 100 valence electrons. The number of nitrogens with two attached hydrogens (primary N) is 1. The maximum absolute atomic E-state index is 5.83. The van der Waals surface area contributed by atoms with E-state index < -0.39 is 0 Å². The molecule has 0 amide bonds. The zero-order valence-electron chi connectivity index (χ0n) is 11.5. The fourth-order valence-electron chi connectivity index (χ4n) is 2.42. The monoisotopic (exact) mass is 249 g/mol. The molecule has 0 bridgehead atoms. The van der Waals surface area contributed by atoms with Gasteiger partial charge in [-0.2, -0.15) is 0 Å². The summed E-state index contributed by atoms with van der Waals surface area (Å²) < 4.78 is 5.74. The van der Waals surface area contributed by atoms with Gasteiger partial charge in [0.25, 0.3) is 0 Å². The van der Waals surface area contributed by atoms with Crippen molar-refractivity contribution in [1.82, 2.24) is 4.98 Å². The predicted molar refractivity (Wildman–Crippen MR) is 73.7 cm³/mol. The van der Waals surface area contributed by atoms with Gasteiger partial charge in [-0.15, -0.1) is 0 Å². The third-order valence-corrected chi connectivity index (χ3v) is 3.53. The Morgan fingerprint density at radius 3 is 2.94 bits per heavy atom. The molecule has 1 aliphatic heterocycles. The molecule has 1 aromatic heterocycles. The third kappa shape index (κ3) is 2.65. The number of hydrogen-bond donors (Lipinski definition) is 1. The van der Waals surface area contributed by atoms with Gasteiger partial charge in [-0.3, -0.25) is 0 Å². The molecule has 0 saturated carbocycles. The van der Waals surface area contributed by atoms with Crippen molar-refractivity contribution in [2.24, 2.45) is 5.73 Å². The Kier molecular flexibility index (Phi) is 4.19. The van der Waals surface area contributed by atoms with Crippen LogP contribution in [0.3, 0.4) is 0 Å². The summed E-state index contributed by atoms with van der Waals surface area (Å²) in [6.07, 6.45) is 1.31. The summed E-state index contributed by atoms with van der Waals surface area (Å²) in [6.45, 7) is 8.52. The molecule has 2 heterocycles. The zero-order valence-corrected chi connectivity index (χ0v) is 11.5. The normalized spacial score (nSPS) is 24.3. The van der Waals surface area contributed by atoms with Gasteiger partial charge in [0, 0.05) is 24.3 Å². The molecule has 0 aliphatic carbocycles. The summed E-state index contributed by atoms with van der Waals surface area (Å²) in [6, 6.07) is 4.52. The number of aryl methyl sites for hydroxylation is 1. The van der Waals surface area contributed by atoms with E-state index in [1.807, 2.05) is 13.0 Å². The number of rotatable bonds is 3. The molecule has 18 heavy (non-hydrogen) atoms. The van der Waals surface area contributed by atoms with Crippen molar-refractivity contribution in [1.29, 1.82) is 0 Å². The van der Waals surface area contributed by atoms with Crippen molar-refractivity contribution in [2.75, 3.05) is 18.1 Å². The van der Waals surface area contributed by atoms with Gasteiger partial charge >= 0.3 is 0 Å². The molecule has 2 atom stereocenters. The van der Waals surface area contributed by atoms with Crippen molar-refractivity contribution in [3.8, 4) is 0 Å². The van der Waals surface area contributed by atoms with Crippen LogP contribution in [-0.2, 0) is 11.3 Å². The lowest BCUT2D eigenvalue weighted by molar-refractivity contribution is 0.0295. The number of ether oxygens (including phenoxy) is 1. The standard InChI is InChI=1S/C14H23N3O/c1-4-13-9-18-11(3)8-17(13)14-12(7-15)6-5-10(2)16-14/h5-6,11,13H,4,7-9,15H2,1-3H3. The molecule has 1 saturated heterocycles. The van der Waals surface area contributed by atoms with Gasteiger partial charge in [0.2, 0.25) is 0 Å². The van der Waals surface area contributed by atoms with Crippen molar-refractivity contribution >= 4 is 5.82 Å². The number of morpholine rings is 1. The van der Waals surface area contributed by atoms with E-state index in [1.165, 1.54) is 0 Å². The van der Waals surface area contributed by atoms with E-state index in [9.17, 15) is 0 Å². The van der Waals surface area contributed by atoms with Crippen LogP contribution in [0.2, 0.25) is 0 Å². The van der Waals surface area contributed by atoms with Crippen molar-refractivity contribution in [3.05, 3.63) is 23.4 Å². The quantitative estimate of drug-likeness (QED) is 0.888. The molecule has 0 spiro atoms. The van der Waals surface area contributed by atoms with E-state index in [1.54, 1.807) is 0 Å². The molecule has 2 N–H and O–H groups in total. The van der Waals surface area contributed by atoms with Gasteiger partial charge in [-0.05, 0) is 26.3 Å². The molecular formula is C14H23N3O. The largest absolute Gasteiger partial charge is 0.375 e. The van der Waals surface area contributed by atoms with E-state index in [-0.39, 0.29) is 6.10 Å². The highest BCUT2D eigenvalue weighted by molar-refractivity contribution is 5.49. The zero-order chi connectivity index (χ0) is 13.1. The number of hydrogen-bond acceptors (Lipinski definition) is 4. The Labute approximate surface area is 109 Å². The van der Waals surface area contributed by atoms with Crippen LogP contribution in [0.15, 0.2) is 12.1 Å². The molecule has 2 unspecified atom stereocenters. The van der Waals surface area contributed by atoms with E-state index in [2.05, 4.69) is 24.8 Å². The minimum Gasteiger partial charge on any atom is -0.375 e. The second-order valence-electron chi connectivity index (χ2n) is 5.00. The first kappa shape index (κ1) is 13.3. The highest BCUT2D eigenvalue weighted by Crippen LogP contribution is 2.25. The van der Waals surface area contributed by atoms with Crippen LogP contribution in [0.1, 0.15) is 31.5 Å². The Hall–Kier alpha value is -1.13. The summed E-state index contributed by atoms with van der Waals surface area (Å²) in [7, 11) is 0. The van der Waals surface area contributed by atoms with E-state index >= 15 is 0 Å². The first-order valence-electron chi connectivity index (χ1n) is 6.70. The Balaban J connectivity index is 2.34. The lowest BCUT2D eigenvalue weighted by Crippen LogP contribution is -2.49. The first-order valence-corrected chi connectivity index (χ1v) is 6.70. The van der Waals surface area contributed by atoms with E-state index in [4.69, 9.17) is 15.5 Å². The summed E-state index contributed by atoms with van der Waals surface area (Å²) in [5, 5.41) is 0. The topological polar surface area (TPSA) is 51.4 Å². The SMILES string of the molecule is CCC1COC(C)CN1c1nc(C)ccc1CN. The number of nitrogens with zero attached hydrogens (tertiary/aromatic N) is 2. The van der Waals surface area contributed by atoms with Gasteiger partial charge < -0.3 is 15.4 Å². The summed E-state index contributed by atoms with van der Waals surface area (Å²) in [4.78, 5) is 7.06. The molecular weight excluding hydrogens is 226 g/mol. The summed E-state index contributed by atoms with van der Waals surface area (Å²) >= 11 is 0. The molecule has 4 nitrogen and oxygen atoms in total. The van der Waals surface area contributed by atoms with Gasteiger partial charge in [-0.25, -0.2) is 4.98 Å². The number of anilines is 1. The van der Waals surface area contributed by atoms with Gasteiger partial charge in [0.05, 0.1) is 18.8 Å². The highest BCUT2D eigenvalue weighted by atomic mass is 16.5. The second kappa shape index (κ2) is 5.67. The Bertz CT molecular complexity index is 408. The fourth-order valence-corrected chi connectivity index (χ4v) is 2.42. The number of aromatic nitrogens is 1. The van der Waals surface area contributed by atoms with E-state index in [0.717, 1.165) is 36.6 Å². The summed E-state index contributed by atoms with van der Waals surface area (Å²) in [5.41, 5.74) is 7.99. The lowest BCUT2D eigenvalue weighted by Gasteiger charge is -2.40. The second-order valence-corrected chi connectivity index (χ2v) is 5.00. The minimum atomic E-state index is 0.251.